The maximum Gasteiger partial charge on any atom is 0.257 e. The number of fused-ring (bicyclic) bond motifs is 1. The first-order valence-corrected chi connectivity index (χ1v) is 7.15. The summed E-state index contributed by atoms with van der Waals surface area (Å²) >= 11 is 0. The highest BCUT2D eigenvalue weighted by atomic mass is 16.5. The molecule has 3 unspecified atom stereocenters. The van der Waals surface area contributed by atoms with Gasteiger partial charge >= 0.3 is 0 Å². The van der Waals surface area contributed by atoms with E-state index in [2.05, 4.69) is 25.5 Å². The third kappa shape index (κ3) is 2.77. The summed E-state index contributed by atoms with van der Waals surface area (Å²) in [5.41, 5.74) is 0. The highest BCUT2D eigenvalue weighted by Gasteiger charge is 2.34. The van der Waals surface area contributed by atoms with Crippen LogP contribution in [0.1, 0.15) is 39.7 Å². The molecule has 5 heteroatoms. The normalized spacial score (nSPS) is 23.2. The third-order valence-electron chi connectivity index (χ3n) is 3.71. The van der Waals surface area contributed by atoms with Crippen molar-refractivity contribution in [2.45, 2.75) is 51.8 Å². The zero-order valence-corrected chi connectivity index (χ0v) is 12.5. The largest absolute Gasteiger partial charge is 0.368 e. The van der Waals surface area contributed by atoms with Gasteiger partial charge in [-0.05, 0) is 33.6 Å². The van der Waals surface area contributed by atoms with Crippen molar-refractivity contribution in [1.82, 2.24) is 9.78 Å². The number of carbonyl (C=O) groups is 1. The fraction of sp³-hybridized carbons (Fsp3) is 0.600. The van der Waals surface area contributed by atoms with Crippen LogP contribution in [0.2, 0.25) is 0 Å². The maximum atomic E-state index is 12.6. The molecule has 0 radical (unpaired) electrons. The molecule has 0 aromatic carbocycles. The van der Waals surface area contributed by atoms with E-state index in [-0.39, 0.29) is 11.9 Å². The van der Waals surface area contributed by atoms with E-state index in [9.17, 15) is 4.79 Å². The summed E-state index contributed by atoms with van der Waals surface area (Å²) < 4.78 is 7.48. The molecule has 1 aromatic rings. The van der Waals surface area contributed by atoms with E-state index in [1.807, 2.05) is 15.6 Å². The fourth-order valence-electron chi connectivity index (χ4n) is 2.69. The van der Waals surface area contributed by atoms with Gasteiger partial charge in [-0.3, -0.25) is 9.69 Å². The van der Waals surface area contributed by atoms with E-state index < -0.39 is 6.10 Å². The molecule has 0 fully saturated rings. The summed E-state index contributed by atoms with van der Waals surface area (Å²) in [6, 6.07) is 2.36. The monoisotopic (exact) mass is 277 g/mol. The third-order valence-corrected chi connectivity index (χ3v) is 3.71. The smallest absolute Gasteiger partial charge is 0.257 e. The van der Waals surface area contributed by atoms with Crippen molar-refractivity contribution in [3.8, 4) is 0 Å². The molecule has 3 atom stereocenters. The number of anilines is 1. The molecule has 20 heavy (non-hydrogen) atoms. The molecule has 0 spiro atoms. The lowest BCUT2D eigenvalue weighted by atomic mass is 10.0. The van der Waals surface area contributed by atoms with Crippen molar-refractivity contribution in [2.24, 2.45) is 0 Å². The molecule has 2 heterocycles. The summed E-state index contributed by atoms with van der Waals surface area (Å²) in [5, 5.41) is 4.31. The molecule has 0 N–H and O–H groups in total. The molecule has 0 aliphatic carbocycles. The van der Waals surface area contributed by atoms with E-state index in [0.717, 1.165) is 18.7 Å². The minimum absolute atomic E-state index is 0.00443. The number of rotatable bonds is 5. The van der Waals surface area contributed by atoms with Gasteiger partial charge in [0, 0.05) is 12.1 Å². The molecule has 1 aliphatic heterocycles. The number of carbonyl (C=O) groups excluding carboxylic acids is 1. The minimum atomic E-state index is -0.450. The van der Waals surface area contributed by atoms with Gasteiger partial charge in [0.05, 0.1) is 18.8 Å². The van der Waals surface area contributed by atoms with E-state index in [4.69, 9.17) is 4.74 Å². The summed E-state index contributed by atoms with van der Waals surface area (Å²) in [5.74, 6) is 0.857. The predicted octanol–water partition coefficient (Wildman–Crippen LogP) is 2.55. The number of hydrogen-bond donors (Lipinski definition) is 0. The fourth-order valence-corrected chi connectivity index (χ4v) is 2.69. The van der Waals surface area contributed by atoms with Crippen LogP contribution in [0.4, 0.5) is 5.82 Å². The van der Waals surface area contributed by atoms with Crippen LogP contribution in [0.25, 0.3) is 0 Å². The molecular weight excluding hydrogens is 254 g/mol. The molecule has 0 saturated carbocycles. The zero-order chi connectivity index (χ0) is 14.7. The van der Waals surface area contributed by atoms with Gasteiger partial charge in [0.15, 0.2) is 0 Å². The van der Waals surface area contributed by atoms with Gasteiger partial charge in [0.2, 0.25) is 0 Å². The maximum absolute atomic E-state index is 12.6. The van der Waals surface area contributed by atoms with Crippen molar-refractivity contribution in [3.05, 3.63) is 24.9 Å². The lowest BCUT2D eigenvalue weighted by Gasteiger charge is -2.38. The SMILES string of the molecule is C=CCCOC(C)C(=O)N1c2ccnn2C(C)CC1C. The number of nitrogens with zero attached hydrogens (tertiary/aromatic N) is 3. The first-order valence-electron chi connectivity index (χ1n) is 7.15. The van der Waals surface area contributed by atoms with Gasteiger partial charge in [-0.25, -0.2) is 4.68 Å². The van der Waals surface area contributed by atoms with Crippen LogP contribution in [0.5, 0.6) is 0 Å². The van der Waals surface area contributed by atoms with E-state index in [0.29, 0.717) is 12.6 Å². The molecule has 0 bridgehead atoms. The van der Waals surface area contributed by atoms with Crippen LogP contribution in [-0.4, -0.2) is 34.4 Å². The topological polar surface area (TPSA) is 47.4 Å². The van der Waals surface area contributed by atoms with Crippen molar-refractivity contribution >= 4 is 11.7 Å². The van der Waals surface area contributed by atoms with Gasteiger partial charge in [-0.1, -0.05) is 6.08 Å². The molecule has 1 aliphatic rings. The number of ether oxygens (including phenoxy) is 1. The number of hydrogen-bond acceptors (Lipinski definition) is 3. The molecule has 110 valence electrons. The predicted molar refractivity (Wildman–Crippen MR) is 78.7 cm³/mol. The van der Waals surface area contributed by atoms with Crippen molar-refractivity contribution in [3.63, 3.8) is 0 Å². The van der Waals surface area contributed by atoms with Gasteiger partial charge < -0.3 is 4.74 Å². The first kappa shape index (κ1) is 14.8. The second-order valence-electron chi connectivity index (χ2n) is 5.37. The van der Waals surface area contributed by atoms with E-state index >= 15 is 0 Å². The summed E-state index contributed by atoms with van der Waals surface area (Å²) in [4.78, 5) is 14.4. The first-order chi connectivity index (χ1) is 9.56. The van der Waals surface area contributed by atoms with Crippen molar-refractivity contribution < 1.29 is 9.53 Å². The Balaban J connectivity index is 2.13. The van der Waals surface area contributed by atoms with Gasteiger partial charge in [0.1, 0.15) is 11.9 Å². The Morgan fingerprint density at radius 1 is 1.60 bits per heavy atom. The lowest BCUT2D eigenvalue weighted by molar-refractivity contribution is -0.129. The average Bonchev–Trinajstić information content (AvgIpc) is 2.88. The Kier molecular flexibility index (Phi) is 4.60. The van der Waals surface area contributed by atoms with Crippen molar-refractivity contribution in [2.75, 3.05) is 11.5 Å². The molecule has 5 nitrogen and oxygen atoms in total. The van der Waals surface area contributed by atoms with Gasteiger partial charge in [-0.2, -0.15) is 5.10 Å². The standard InChI is InChI=1S/C15H23N3O2/c1-5-6-9-20-13(4)15(19)17-11(2)10-12(3)18-14(17)7-8-16-18/h5,7-8,11-13H,1,6,9-10H2,2-4H3. The minimum Gasteiger partial charge on any atom is -0.368 e. The molecule has 1 aromatic heterocycles. The van der Waals surface area contributed by atoms with Crippen LogP contribution in [0, 0.1) is 0 Å². The van der Waals surface area contributed by atoms with Gasteiger partial charge in [-0.15, -0.1) is 6.58 Å². The van der Waals surface area contributed by atoms with E-state index in [1.165, 1.54) is 0 Å². The summed E-state index contributed by atoms with van der Waals surface area (Å²) in [6.07, 6.45) is 4.74. The Morgan fingerprint density at radius 2 is 2.35 bits per heavy atom. The summed E-state index contributed by atoms with van der Waals surface area (Å²) in [7, 11) is 0. The summed E-state index contributed by atoms with van der Waals surface area (Å²) in [6.45, 7) is 10.2. The van der Waals surface area contributed by atoms with Crippen LogP contribution in [-0.2, 0) is 9.53 Å². The van der Waals surface area contributed by atoms with E-state index in [1.54, 1.807) is 19.2 Å². The van der Waals surface area contributed by atoms with Crippen LogP contribution in [0.3, 0.4) is 0 Å². The lowest BCUT2D eigenvalue weighted by Crippen LogP contribution is -2.49. The van der Waals surface area contributed by atoms with Crippen LogP contribution in [0.15, 0.2) is 24.9 Å². The number of aromatic nitrogens is 2. The average molecular weight is 277 g/mol. The Bertz CT molecular complexity index is 483. The highest BCUT2D eigenvalue weighted by Crippen LogP contribution is 2.31. The Hall–Kier alpha value is -1.62. The van der Waals surface area contributed by atoms with Crippen LogP contribution < -0.4 is 4.90 Å². The second-order valence-corrected chi connectivity index (χ2v) is 5.37. The quantitative estimate of drug-likeness (QED) is 0.614. The Labute approximate surface area is 120 Å². The van der Waals surface area contributed by atoms with Gasteiger partial charge in [0.25, 0.3) is 5.91 Å². The molecular formula is C15H23N3O2. The molecule has 2 rings (SSSR count). The Morgan fingerprint density at radius 3 is 3.05 bits per heavy atom. The van der Waals surface area contributed by atoms with Crippen LogP contribution >= 0.6 is 0 Å². The zero-order valence-electron chi connectivity index (χ0n) is 12.5. The van der Waals surface area contributed by atoms with Crippen molar-refractivity contribution in [1.29, 1.82) is 0 Å². The second kappa shape index (κ2) is 6.22. The number of amides is 1. The molecule has 0 saturated heterocycles. The highest BCUT2D eigenvalue weighted by molar-refractivity contribution is 5.96. The molecule has 1 amide bonds.